The smallest absolute Gasteiger partial charge is 0.164 e. The Hall–Kier alpha value is -17.8. The van der Waals surface area contributed by atoms with Gasteiger partial charge in [-0.2, -0.15) is 0 Å². The molecule has 0 fully saturated rings. The van der Waals surface area contributed by atoms with Gasteiger partial charge in [0.15, 0.2) is 34.9 Å². The van der Waals surface area contributed by atoms with Crippen molar-refractivity contribution in [2.75, 3.05) is 0 Å². The Balaban J connectivity index is 0.700. The third-order valence-electron chi connectivity index (χ3n) is 25.6. The summed E-state index contributed by atoms with van der Waals surface area (Å²) in [4.78, 5) is 33.8. The van der Waals surface area contributed by atoms with Crippen LogP contribution < -0.4 is 4.74 Å². The van der Waals surface area contributed by atoms with E-state index < -0.39 is 5.41 Å². The molecule has 628 valence electrons. The highest BCUT2D eigenvalue weighted by atomic mass is 16.5. The fraction of sp³-hybridized carbons (Fsp3) is 0.00787. The van der Waals surface area contributed by atoms with Crippen molar-refractivity contribution in [3.63, 3.8) is 0 Å². The van der Waals surface area contributed by atoms with Gasteiger partial charge in [-0.25, -0.2) is 29.9 Å². The molecule has 20 aromatic carbocycles. The fourth-order valence-corrected chi connectivity index (χ4v) is 19.0. The van der Waals surface area contributed by atoms with Crippen molar-refractivity contribution in [1.29, 1.82) is 0 Å². The van der Waals surface area contributed by atoms with Gasteiger partial charge in [0, 0.05) is 44.5 Å². The zero-order chi connectivity index (χ0) is 89.1. The molecule has 0 amide bonds. The number of hydrogen-bond acceptors (Lipinski definition) is 7. The van der Waals surface area contributed by atoms with Crippen molar-refractivity contribution in [2.24, 2.45) is 0 Å². The predicted octanol–water partition coefficient (Wildman–Crippen LogP) is 32.6. The maximum atomic E-state index is 7.10. The lowest BCUT2D eigenvalue weighted by atomic mass is 9.63. The molecule has 1 aliphatic heterocycles. The molecular weight excluding hydrogens is 1630 g/mol. The predicted molar refractivity (Wildman–Crippen MR) is 549 cm³/mol. The average Bonchev–Trinajstić information content (AvgIpc) is 0.702. The lowest BCUT2D eigenvalue weighted by molar-refractivity contribution is 0.434. The van der Waals surface area contributed by atoms with Crippen LogP contribution in [0.1, 0.15) is 22.3 Å². The van der Waals surface area contributed by atoms with Crippen molar-refractivity contribution >= 4 is 0 Å². The minimum Gasteiger partial charge on any atom is -0.457 e. The molecule has 134 heavy (non-hydrogen) atoms. The van der Waals surface area contributed by atoms with Gasteiger partial charge in [-0.1, -0.05) is 388 Å². The molecule has 0 saturated carbocycles. The number of aromatic nitrogens is 6. The molecule has 0 aliphatic carbocycles. The van der Waals surface area contributed by atoms with Gasteiger partial charge in [-0.05, 0) is 266 Å². The van der Waals surface area contributed by atoms with Crippen LogP contribution in [0.25, 0.3) is 202 Å². The summed E-state index contributed by atoms with van der Waals surface area (Å²) in [5, 5.41) is 0. The molecule has 2 aromatic heterocycles. The van der Waals surface area contributed by atoms with Crippen molar-refractivity contribution in [1.82, 2.24) is 29.9 Å². The molecule has 0 unspecified atom stereocenters. The highest BCUT2D eigenvalue weighted by Crippen LogP contribution is 2.56. The van der Waals surface area contributed by atoms with E-state index in [9.17, 15) is 0 Å². The number of hydrogen-bond donors (Lipinski definition) is 0. The molecule has 0 spiro atoms. The lowest BCUT2D eigenvalue weighted by Gasteiger charge is -2.41. The standard InChI is InChI=1S/C127H84N6O/c1-9-35-85(36-10-1)103-71-104(86-37-11-2-12-38-86)76-111(75-103)93-51-29-55-97(67-93)121-128-122(98-56-30-52-94(68-98)112-77-105(87-39-13-3-14-40-87)72-106(78-112)88-41-15-4-16-42-88)131-125(130-121)101-59-33-61-115(83-101)127(117-63-25-27-65-119(117)134-120-66-28-26-64-118(120)127)116-62-34-60-102(84-116)126-132-123(99-57-31-53-95(69-99)113-79-107(89-43-17-5-18-44-89)73-108(80-113)90-45-19-6-20-46-90)129-124(133-126)100-58-32-54-96(70-100)114-81-109(91-47-21-7-22-48-91)74-110(82-114)92-49-23-8-24-50-92/h1-84H. The molecule has 3 heterocycles. The first-order valence-corrected chi connectivity index (χ1v) is 45.4. The van der Waals surface area contributed by atoms with Crippen LogP contribution in [-0.4, -0.2) is 29.9 Å². The summed E-state index contributed by atoms with van der Waals surface area (Å²) in [7, 11) is 0. The molecule has 0 N–H and O–H groups in total. The van der Waals surface area contributed by atoms with E-state index in [2.05, 4.69) is 510 Å². The molecule has 23 rings (SSSR count). The summed E-state index contributed by atoms with van der Waals surface area (Å²) in [6.07, 6.45) is 0. The third kappa shape index (κ3) is 16.2. The molecule has 0 saturated heterocycles. The van der Waals surface area contributed by atoms with Crippen molar-refractivity contribution in [3.8, 4) is 213 Å². The first-order valence-electron chi connectivity index (χ1n) is 45.4. The van der Waals surface area contributed by atoms with Crippen LogP contribution in [0.4, 0.5) is 0 Å². The van der Waals surface area contributed by atoms with Crippen LogP contribution in [0.15, 0.2) is 510 Å². The van der Waals surface area contributed by atoms with Gasteiger partial charge in [0.05, 0.1) is 5.41 Å². The Morgan fingerprint density at radius 1 is 0.119 bits per heavy atom. The summed E-state index contributed by atoms with van der Waals surface area (Å²) >= 11 is 0. The molecule has 0 radical (unpaired) electrons. The number of benzene rings is 20. The van der Waals surface area contributed by atoms with Gasteiger partial charge in [0.1, 0.15) is 11.5 Å². The Kier molecular flexibility index (Phi) is 21.5. The van der Waals surface area contributed by atoms with E-state index in [0.29, 0.717) is 34.9 Å². The van der Waals surface area contributed by atoms with Gasteiger partial charge >= 0.3 is 0 Å². The van der Waals surface area contributed by atoms with Crippen LogP contribution in [-0.2, 0) is 5.41 Å². The van der Waals surface area contributed by atoms with E-state index in [-0.39, 0.29) is 0 Å². The number of nitrogens with zero attached hydrogens (tertiary/aromatic N) is 6. The Bertz CT molecular complexity index is 7030. The van der Waals surface area contributed by atoms with Crippen LogP contribution in [0.3, 0.4) is 0 Å². The topological polar surface area (TPSA) is 86.6 Å². The molecule has 22 aromatic rings. The summed E-state index contributed by atoms with van der Waals surface area (Å²) in [6.45, 7) is 0. The number of ether oxygens (including phenoxy) is 1. The molecule has 0 bridgehead atoms. The molecule has 7 nitrogen and oxygen atoms in total. The second kappa shape index (κ2) is 35.7. The van der Waals surface area contributed by atoms with Crippen LogP contribution in [0.2, 0.25) is 0 Å². The zero-order valence-electron chi connectivity index (χ0n) is 73.1. The normalized spacial score (nSPS) is 11.9. The molecule has 0 atom stereocenters. The van der Waals surface area contributed by atoms with Gasteiger partial charge in [0.2, 0.25) is 0 Å². The van der Waals surface area contributed by atoms with Crippen molar-refractivity contribution < 1.29 is 4.74 Å². The maximum Gasteiger partial charge on any atom is 0.164 e. The lowest BCUT2D eigenvalue weighted by Crippen LogP contribution is -2.34. The Morgan fingerprint density at radius 2 is 0.269 bits per heavy atom. The van der Waals surface area contributed by atoms with E-state index in [1.54, 1.807) is 0 Å². The Morgan fingerprint density at radius 3 is 0.478 bits per heavy atom. The van der Waals surface area contributed by atoms with Gasteiger partial charge < -0.3 is 4.74 Å². The van der Waals surface area contributed by atoms with Crippen LogP contribution in [0.5, 0.6) is 11.5 Å². The minimum absolute atomic E-state index is 0.495. The first-order chi connectivity index (χ1) is 66.3. The number of fused-ring (bicyclic) bond motifs is 2. The summed E-state index contributed by atoms with van der Waals surface area (Å²) < 4.78 is 7.10. The van der Waals surface area contributed by atoms with Crippen molar-refractivity contribution in [3.05, 3.63) is 532 Å². The van der Waals surface area contributed by atoms with Crippen molar-refractivity contribution in [2.45, 2.75) is 5.41 Å². The molecular formula is C127H84N6O. The minimum atomic E-state index is -1.07. The second-order valence-electron chi connectivity index (χ2n) is 34.1. The number of rotatable bonds is 20. The highest BCUT2D eigenvalue weighted by molar-refractivity contribution is 5.89. The fourth-order valence-electron chi connectivity index (χ4n) is 19.0. The van der Waals surface area contributed by atoms with E-state index >= 15 is 0 Å². The zero-order valence-corrected chi connectivity index (χ0v) is 73.1. The van der Waals surface area contributed by atoms with E-state index in [1.165, 1.54) is 0 Å². The monoisotopic (exact) mass is 1710 g/mol. The SMILES string of the molecule is c1ccc(-c2cc(-c3ccccc3)cc(-c3cccc(-c4nc(-c5cccc(-c6cc(-c7ccccc7)cc(-c7ccccc7)c6)c5)nc(-c5cccc(C6(c7cccc(-c8nc(-c9cccc(-c%10cc(-c%11ccccc%11)cc(-c%11ccccc%11)c%10)c9)nc(-c9cccc(-c%10cc(-c%11ccccc%11)cc(-c%11ccccc%11)c%10)c9)n8)c7)c7ccccc7Oc7ccccc76)c5)n4)c3)c2)cc1. The Labute approximate surface area is 779 Å². The van der Waals surface area contributed by atoms with Crippen LogP contribution in [0, 0.1) is 0 Å². The summed E-state index contributed by atoms with van der Waals surface area (Å²) in [6, 6.07) is 181. The third-order valence-corrected chi connectivity index (χ3v) is 25.6. The quantitative estimate of drug-likeness (QED) is 0.0751. The molecule has 1 aliphatic rings. The highest BCUT2D eigenvalue weighted by Gasteiger charge is 2.46. The average molecular weight is 1710 g/mol. The van der Waals surface area contributed by atoms with Gasteiger partial charge in [-0.15, -0.1) is 0 Å². The summed E-state index contributed by atoms with van der Waals surface area (Å²) in [5.74, 6) is 4.51. The number of para-hydroxylation sites is 2. The summed E-state index contributed by atoms with van der Waals surface area (Å²) in [5.41, 5.74) is 33.9. The van der Waals surface area contributed by atoms with E-state index in [4.69, 9.17) is 34.6 Å². The second-order valence-corrected chi connectivity index (χ2v) is 34.1. The van der Waals surface area contributed by atoms with E-state index in [0.717, 1.165) is 201 Å². The maximum absolute atomic E-state index is 7.10. The molecule has 7 heteroatoms. The largest absolute Gasteiger partial charge is 0.457 e. The van der Waals surface area contributed by atoms with Gasteiger partial charge in [-0.3, -0.25) is 0 Å². The van der Waals surface area contributed by atoms with Gasteiger partial charge in [0.25, 0.3) is 0 Å². The first kappa shape index (κ1) is 80.8. The van der Waals surface area contributed by atoms with Crippen LogP contribution >= 0.6 is 0 Å². The van der Waals surface area contributed by atoms with E-state index in [1.807, 2.05) is 0 Å².